The normalized spacial score (nSPS) is 13.3. The molecule has 2 atom stereocenters. The molecule has 0 saturated heterocycles. The van der Waals surface area contributed by atoms with Gasteiger partial charge in [0.25, 0.3) is 0 Å². The molecule has 0 aromatic heterocycles. The second-order valence-corrected chi connectivity index (χ2v) is 7.99. The molecule has 23 heavy (non-hydrogen) atoms. The summed E-state index contributed by atoms with van der Waals surface area (Å²) in [6.07, 6.45) is 0. The summed E-state index contributed by atoms with van der Waals surface area (Å²) in [6.45, 7) is 2.33. The van der Waals surface area contributed by atoms with E-state index in [-0.39, 0.29) is 11.2 Å². The molecule has 0 aliphatic heterocycles. The summed E-state index contributed by atoms with van der Waals surface area (Å²) < 4.78 is 12.1. The fraction of sp³-hybridized carbons (Fsp3) is 0.278. The van der Waals surface area contributed by atoms with Gasteiger partial charge in [-0.15, -0.1) is 11.8 Å². The zero-order valence-corrected chi connectivity index (χ0v) is 14.7. The third kappa shape index (κ3) is 6.20. The minimum atomic E-state index is -1.07. The Hall–Kier alpha value is -1.59. The van der Waals surface area contributed by atoms with Crippen LogP contribution in [0, 0.1) is 0 Å². The lowest BCUT2D eigenvalue weighted by molar-refractivity contribution is -0.120. The van der Waals surface area contributed by atoms with Crippen molar-refractivity contribution in [2.24, 2.45) is 0 Å². The molecule has 0 aliphatic rings. The largest absolute Gasteiger partial charge is 0.354 e. The van der Waals surface area contributed by atoms with Gasteiger partial charge in [-0.05, 0) is 24.6 Å². The monoisotopic (exact) mass is 347 g/mol. The number of hydrogen-bond donors (Lipinski definition) is 1. The Bertz CT molecular complexity index is 632. The van der Waals surface area contributed by atoms with E-state index in [0.717, 1.165) is 10.6 Å². The number of amides is 1. The Kier molecular flexibility index (Phi) is 7.36. The molecule has 0 bridgehead atoms. The smallest absolute Gasteiger partial charge is 0.232 e. The Morgan fingerprint density at radius 2 is 1.70 bits per heavy atom. The van der Waals surface area contributed by atoms with Gasteiger partial charge < -0.3 is 5.32 Å². The second-order valence-electron chi connectivity index (χ2n) is 5.09. The fourth-order valence-electron chi connectivity index (χ4n) is 1.97. The van der Waals surface area contributed by atoms with Crippen LogP contribution in [0.15, 0.2) is 65.6 Å². The van der Waals surface area contributed by atoms with Crippen molar-refractivity contribution in [2.75, 3.05) is 12.3 Å². The maximum absolute atomic E-state index is 12.1. The standard InChI is InChI=1S/C18H21NO2S2/c1-15(22-14-16-8-4-2-5-9-16)18(20)19-12-13-23(21)17-10-6-3-7-11-17/h2-11,15H,12-14H2,1H3,(H,19,20)/t15-,23+/m0/s1. The number of thioether (sulfide) groups is 1. The molecule has 0 radical (unpaired) electrons. The molecule has 2 aromatic carbocycles. The van der Waals surface area contributed by atoms with Gasteiger partial charge in [0.1, 0.15) is 0 Å². The predicted octanol–water partition coefficient (Wildman–Crippen LogP) is 3.23. The summed E-state index contributed by atoms with van der Waals surface area (Å²) in [5.74, 6) is 1.24. The number of hydrogen-bond acceptors (Lipinski definition) is 3. The van der Waals surface area contributed by atoms with Crippen LogP contribution in [0.2, 0.25) is 0 Å². The maximum atomic E-state index is 12.1. The molecular weight excluding hydrogens is 326 g/mol. The van der Waals surface area contributed by atoms with E-state index in [9.17, 15) is 9.00 Å². The van der Waals surface area contributed by atoms with Crippen LogP contribution in [0.25, 0.3) is 0 Å². The lowest BCUT2D eigenvalue weighted by atomic mass is 10.2. The van der Waals surface area contributed by atoms with Crippen molar-refractivity contribution in [1.29, 1.82) is 0 Å². The summed E-state index contributed by atoms with van der Waals surface area (Å²) in [6, 6.07) is 19.4. The number of rotatable bonds is 8. The number of nitrogens with one attached hydrogen (secondary N) is 1. The van der Waals surface area contributed by atoms with Gasteiger partial charge in [0.15, 0.2) is 0 Å². The third-order valence-corrected chi connectivity index (χ3v) is 5.89. The van der Waals surface area contributed by atoms with E-state index in [0.29, 0.717) is 12.3 Å². The first-order valence-electron chi connectivity index (χ1n) is 7.53. The van der Waals surface area contributed by atoms with E-state index in [4.69, 9.17) is 0 Å². The average molecular weight is 348 g/mol. The Morgan fingerprint density at radius 3 is 2.35 bits per heavy atom. The van der Waals surface area contributed by atoms with Crippen LogP contribution >= 0.6 is 11.8 Å². The van der Waals surface area contributed by atoms with E-state index in [1.54, 1.807) is 11.8 Å². The van der Waals surface area contributed by atoms with E-state index >= 15 is 0 Å². The highest BCUT2D eigenvalue weighted by Gasteiger charge is 2.13. The van der Waals surface area contributed by atoms with Crippen LogP contribution in [0.4, 0.5) is 0 Å². The predicted molar refractivity (Wildman–Crippen MR) is 97.9 cm³/mol. The van der Waals surface area contributed by atoms with Gasteiger partial charge in [-0.3, -0.25) is 9.00 Å². The van der Waals surface area contributed by atoms with Crippen molar-refractivity contribution >= 4 is 28.5 Å². The van der Waals surface area contributed by atoms with Gasteiger partial charge in [0.2, 0.25) is 5.91 Å². The van der Waals surface area contributed by atoms with Crippen molar-refractivity contribution in [3.63, 3.8) is 0 Å². The summed E-state index contributed by atoms with van der Waals surface area (Å²) in [4.78, 5) is 12.9. The first kappa shape index (κ1) is 17.8. The van der Waals surface area contributed by atoms with Gasteiger partial charge in [0, 0.05) is 22.9 Å². The Morgan fingerprint density at radius 1 is 1.09 bits per heavy atom. The van der Waals surface area contributed by atoms with Crippen molar-refractivity contribution in [3.8, 4) is 0 Å². The molecule has 0 saturated carbocycles. The molecule has 5 heteroatoms. The van der Waals surface area contributed by atoms with Gasteiger partial charge in [-0.2, -0.15) is 0 Å². The zero-order valence-electron chi connectivity index (χ0n) is 13.1. The SMILES string of the molecule is C[C@H](SCc1ccccc1)C(=O)NCC[S@@](=O)c1ccccc1. The summed E-state index contributed by atoms with van der Waals surface area (Å²) in [7, 11) is -1.07. The first-order chi connectivity index (χ1) is 11.2. The van der Waals surface area contributed by atoms with Crippen molar-refractivity contribution in [1.82, 2.24) is 5.32 Å². The summed E-state index contributed by atoms with van der Waals surface area (Å²) in [5, 5.41) is 2.74. The van der Waals surface area contributed by atoms with E-state index in [1.165, 1.54) is 5.56 Å². The molecule has 3 nitrogen and oxygen atoms in total. The van der Waals surface area contributed by atoms with Gasteiger partial charge in [-0.1, -0.05) is 48.5 Å². The highest BCUT2D eigenvalue weighted by Crippen LogP contribution is 2.17. The summed E-state index contributed by atoms with van der Waals surface area (Å²) >= 11 is 1.60. The van der Waals surface area contributed by atoms with Crippen molar-refractivity contribution in [2.45, 2.75) is 22.8 Å². The molecule has 2 rings (SSSR count). The highest BCUT2D eigenvalue weighted by atomic mass is 32.2. The zero-order chi connectivity index (χ0) is 16.5. The number of carbonyl (C=O) groups is 1. The van der Waals surface area contributed by atoms with E-state index < -0.39 is 10.8 Å². The molecule has 0 heterocycles. The molecule has 0 unspecified atom stereocenters. The van der Waals surface area contributed by atoms with Crippen LogP contribution in [0.3, 0.4) is 0 Å². The van der Waals surface area contributed by atoms with Crippen molar-refractivity contribution in [3.05, 3.63) is 66.2 Å². The van der Waals surface area contributed by atoms with Crippen LogP contribution in [-0.2, 0) is 21.3 Å². The van der Waals surface area contributed by atoms with Gasteiger partial charge in [-0.25, -0.2) is 0 Å². The van der Waals surface area contributed by atoms with Gasteiger partial charge in [0.05, 0.1) is 16.0 Å². The molecule has 122 valence electrons. The Balaban J connectivity index is 1.69. The molecule has 1 N–H and O–H groups in total. The van der Waals surface area contributed by atoms with Gasteiger partial charge >= 0.3 is 0 Å². The lowest BCUT2D eigenvalue weighted by Gasteiger charge is -2.12. The van der Waals surface area contributed by atoms with Crippen LogP contribution in [-0.4, -0.2) is 27.7 Å². The molecule has 0 spiro atoms. The van der Waals surface area contributed by atoms with Crippen molar-refractivity contribution < 1.29 is 9.00 Å². The van der Waals surface area contributed by atoms with Crippen LogP contribution in [0.5, 0.6) is 0 Å². The maximum Gasteiger partial charge on any atom is 0.232 e. The molecule has 0 aliphatic carbocycles. The average Bonchev–Trinajstić information content (AvgIpc) is 2.61. The molecule has 2 aromatic rings. The summed E-state index contributed by atoms with van der Waals surface area (Å²) in [5.41, 5.74) is 1.21. The number of benzene rings is 2. The van der Waals surface area contributed by atoms with E-state index in [2.05, 4.69) is 17.4 Å². The minimum absolute atomic E-state index is 0.00371. The third-order valence-electron chi connectivity index (χ3n) is 3.30. The topological polar surface area (TPSA) is 46.2 Å². The highest BCUT2D eigenvalue weighted by molar-refractivity contribution is 7.99. The number of carbonyl (C=O) groups excluding carboxylic acids is 1. The minimum Gasteiger partial charge on any atom is -0.354 e. The lowest BCUT2D eigenvalue weighted by Crippen LogP contribution is -2.33. The van der Waals surface area contributed by atoms with E-state index in [1.807, 2.05) is 55.5 Å². The molecular formula is C18H21NO2S2. The molecule has 1 amide bonds. The second kappa shape index (κ2) is 9.53. The fourth-order valence-corrected chi connectivity index (χ4v) is 3.83. The van der Waals surface area contributed by atoms with Crippen LogP contribution in [0.1, 0.15) is 12.5 Å². The first-order valence-corrected chi connectivity index (χ1v) is 9.90. The Labute approximate surface area is 144 Å². The quantitative estimate of drug-likeness (QED) is 0.797. The van der Waals surface area contributed by atoms with Crippen LogP contribution < -0.4 is 5.32 Å². The molecule has 0 fully saturated rings.